The van der Waals surface area contributed by atoms with E-state index < -0.39 is 12.1 Å². The minimum atomic E-state index is -0.905. The second-order valence-electron chi connectivity index (χ2n) is 7.99. The van der Waals surface area contributed by atoms with E-state index >= 15 is 0 Å². The summed E-state index contributed by atoms with van der Waals surface area (Å²) in [4.78, 5) is 41.6. The van der Waals surface area contributed by atoms with Crippen LogP contribution in [0.25, 0.3) is 0 Å². The van der Waals surface area contributed by atoms with Gasteiger partial charge in [0.05, 0.1) is 16.9 Å². The number of carbonyl (C=O) groups is 3. The molecule has 3 aliphatic rings. The second kappa shape index (κ2) is 7.16. The first-order valence-electron chi connectivity index (χ1n) is 10.3. The van der Waals surface area contributed by atoms with Gasteiger partial charge in [-0.15, -0.1) is 0 Å². The van der Waals surface area contributed by atoms with Crippen molar-refractivity contribution in [1.82, 2.24) is 0 Å². The Balaban J connectivity index is 1.31. The molecule has 0 aromatic heterocycles. The summed E-state index contributed by atoms with van der Waals surface area (Å²) < 4.78 is 5.47. The molecule has 3 heterocycles. The Hall–Kier alpha value is -3.35. The Morgan fingerprint density at radius 1 is 1.13 bits per heavy atom. The van der Waals surface area contributed by atoms with E-state index in [1.54, 1.807) is 24.0 Å². The average molecular weight is 405 g/mol. The predicted molar refractivity (Wildman–Crippen MR) is 113 cm³/mol. The van der Waals surface area contributed by atoms with Gasteiger partial charge in [-0.25, -0.2) is 4.79 Å². The van der Waals surface area contributed by atoms with Crippen LogP contribution < -0.4 is 15.1 Å². The molecule has 1 N–H and O–H groups in total. The van der Waals surface area contributed by atoms with Gasteiger partial charge in [0.15, 0.2) is 6.10 Å². The summed E-state index contributed by atoms with van der Waals surface area (Å²) in [7, 11) is 0. The number of nitrogens with zero attached hydrogens (tertiary/aromatic N) is 2. The number of esters is 1. The number of amides is 2. The summed E-state index contributed by atoms with van der Waals surface area (Å²) in [6, 6.07) is 12.8. The second-order valence-corrected chi connectivity index (χ2v) is 7.99. The Kier molecular flexibility index (Phi) is 4.46. The quantitative estimate of drug-likeness (QED) is 0.795. The fraction of sp³-hybridized carbons (Fsp3) is 0.348. The number of carbonyl (C=O) groups excluding carboxylic acids is 3. The first kappa shape index (κ1) is 18.7. The standard InChI is InChI=1S/C23H23N3O4/c1-14(22(28)26-12-10-15-5-2-3-6-18(15)26)30-23(29)16-8-9-19-17(13-16)24-21(27)20-7-4-11-25(19)20/h2-3,5-6,8-9,13-14,20H,4,7,10-12H2,1H3,(H,24,27)/t14-,20-/m1/s1. The van der Waals surface area contributed by atoms with Crippen molar-refractivity contribution < 1.29 is 19.1 Å². The van der Waals surface area contributed by atoms with Crippen LogP contribution in [0.4, 0.5) is 17.1 Å². The summed E-state index contributed by atoms with van der Waals surface area (Å²) in [5.41, 5.74) is 3.84. The normalized spacial score (nSPS) is 20.2. The fourth-order valence-corrected chi connectivity index (χ4v) is 4.62. The highest BCUT2D eigenvalue weighted by Gasteiger charge is 2.37. The van der Waals surface area contributed by atoms with Crippen molar-refractivity contribution in [2.24, 2.45) is 0 Å². The van der Waals surface area contributed by atoms with Crippen LogP contribution in [0.3, 0.4) is 0 Å². The van der Waals surface area contributed by atoms with Gasteiger partial charge in [0.1, 0.15) is 6.04 Å². The summed E-state index contributed by atoms with van der Waals surface area (Å²) in [6.45, 7) is 3.01. The van der Waals surface area contributed by atoms with Crippen molar-refractivity contribution in [2.45, 2.75) is 38.3 Å². The van der Waals surface area contributed by atoms with Gasteiger partial charge in [-0.1, -0.05) is 18.2 Å². The van der Waals surface area contributed by atoms with Crippen LogP contribution in [0, 0.1) is 0 Å². The van der Waals surface area contributed by atoms with Crippen LogP contribution in [0.15, 0.2) is 42.5 Å². The molecule has 0 radical (unpaired) electrons. The molecule has 2 aromatic rings. The third kappa shape index (κ3) is 3.01. The van der Waals surface area contributed by atoms with Gasteiger partial charge in [0.25, 0.3) is 5.91 Å². The van der Waals surface area contributed by atoms with Crippen molar-refractivity contribution in [1.29, 1.82) is 0 Å². The lowest BCUT2D eigenvalue weighted by Crippen LogP contribution is -2.44. The Labute approximate surface area is 174 Å². The highest BCUT2D eigenvalue weighted by molar-refractivity contribution is 6.06. The van der Waals surface area contributed by atoms with E-state index in [9.17, 15) is 14.4 Å². The molecular weight excluding hydrogens is 382 g/mol. The number of hydrogen-bond acceptors (Lipinski definition) is 5. The molecule has 0 aliphatic carbocycles. The molecule has 0 saturated carbocycles. The molecule has 0 bridgehead atoms. The van der Waals surface area contributed by atoms with Crippen LogP contribution >= 0.6 is 0 Å². The Bertz CT molecular complexity index is 1050. The first-order valence-corrected chi connectivity index (χ1v) is 10.3. The van der Waals surface area contributed by atoms with Gasteiger partial charge < -0.3 is 19.9 Å². The monoisotopic (exact) mass is 405 g/mol. The first-order chi connectivity index (χ1) is 14.5. The summed E-state index contributed by atoms with van der Waals surface area (Å²) in [5, 5.41) is 2.89. The van der Waals surface area contributed by atoms with E-state index in [-0.39, 0.29) is 17.9 Å². The third-order valence-electron chi connectivity index (χ3n) is 6.14. The van der Waals surface area contributed by atoms with Crippen molar-refractivity contribution in [3.63, 3.8) is 0 Å². The lowest BCUT2D eigenvalue weighted by Gasteiger charge is -2.33. The number of benzene rings is 2. The zero-order valence-electron chi connectivity index (χ0n) is 16.8. The lowest BCUT2D eigenvalue weighted by molar-refractivity contribution is -0.126. The highest BCUT2D eigenvalue weighted by atomic mass is 16.5. The maximum atomic E-state index is 12.9. The lowest BCUT2D eigenvalue weighted by atomic mass is 10.1. The Morgan fingerprint density at radius 2 is 1.97 bits per heavy atom. The molecule has 2 atom stereocenters. The smallest absolute Gasteiger partial charge is 0.338 e. The van der Waals surface area contributed by atoms with Gasteiger partial charge in [-0.05, 0) is 56.0 Å². The average Bonchev–Trinajstić information content (AvgIpc) is 3.40. The molecule has 2 aromatic carbocycles. The van der Waals surface area contributed by atoms with Crippen molar-refractivity contribution in [2.75, 3.05) is 28.2 Å². The minimum absolute atomic E-state index is 0.0400. The number of nitrogens with one attached hydrogen (secondary N) is 1. The molecule has 0 spiro atoms. The summed E-state index contributed by atoms with van der Waals surface area (Å²) >= 11 is 0. The summed E-state index contributed by atoms with van der Waals surface area (Å²) in [5.74, 6) is -0.856. The van der Waals surface area contributed by atoms with Crippen LogP contribution in [-0.4, -0.2) is 43.0 Å². The van der Waals surface area contributed by atoms with Gasteiger partial charge in [0.2, 0.25) is 5.91 Å². The Morgan fingerprint density at radius 3 is 2.83 bits per heavy atom. The van der Waals surface area contributed by atoms with E-state index in [0.29, 0.717) is 17.8 Å². The fourth-order valence-electron chi connectivity index (χ4n) is 4.62. The molecule has 154 valence electrons. The molecule has 7 nitrogen and oxygen atoms in total. The molecular formula is C23H23N3O4. The number of ether oxygens (including phenoxy) is 1. The van der Waals surface area contributed by atoms with Crippen molar-refractivity contribution >= 4 is 34.8 Å². The van der Waals surface area contributed by atoms with Gasteiger partial charge in [-0.2, -0.15) is 0 Å². The van der Waals surface area contributed by atoms with E-state index in [2.05, 4.69) is 10.2 Å². The number of fused-ring (bicyclic) bond motifs is 4. The SMILES string of the molecule is C[C@@H](OC(=O)c1ccc2c(c1)NC(=O)[C@H]1CCCN21)C(=O)N1CCc2ccccc21. The molecule has 2 amide bonds. The topological polar surface area (TPSA) is 79.0 Å². The number of rotatable bonds is 3. The predicted octanol–water partition coefficient (Wildman–Crippen LogP) is 2.74. The summed E-state index contributed by atoms with van der Waals surface area (Å²) in [6.07, 6.45) is 1.71. The van der Waals surface area contributed by atoms with Crippen LogP contribution in [0.5, 0.6) is 0 Å². The van der Waals surface area contributed by atoms with E-state index in [0.717, 1.165) is 42.7 Å². The van der Waals surface area contributed by atoms with E-state index in [1.165, 1.54) is 0 Å². The molecule has 1 saturated heterocycles. The van der Waals surface area contributed by atoms with Crippen LogP contribution in [-0.2, 0) is 20.7 Å². The third-order valence-corrected chi connectivity index (χ3v) is 6.14. The molecule has 1 fully saturated rings. The highest BCUT2D eigenvalue weighted by Crippen LogP contribution is 2.37. The largest absolute Gasteiger partial charge is 0.449 e. The van der Waals surface area contributed by atoms with E-state index in [4.69, 9.17) is 4.74 Å². The van der Waals surface area contributed by atoms with Crippen molar-refractivity contribution in [3.8, 4) is 0 Å². The minimum Gasteiger partial charge on any atom is -0.449 e. The number of anilines is 3. The number of hydrogen-bond donors (Lipinski definition) is 1. The van der Waals surface area contributed by atoms with Gasteiger partial charge >= 0.3 is 5.97 Å². The zero-order valence-corrected chi connectivity index (χ0v) is 16.8. The van der Waals surface area contributed by atoms with Crippen LogP contribution in [0.2, 0.25) is 0 Å². The van der Waals surface area contributed by atoms with Crippen molar-refractivity contribution in [3.05, 3.63) is 53.6 Å². The maximum absolute atomic E-state index is 12.9. The maximum Gasteiger partial charge on any atom is 0.338 e. The number of para-hydroxylation sites is 1. The van der Waals surface area contributed by atoms with Gasteiger partial charge in [-0.3, -0.25) is 9.59 Å². The molecule has 7 heteroatoms. The van der Waals surface area contributed by atoms with E-state index in [1.807, 2.05) is 30.3 Å². The van der Waals surface area contributed by atoms with Gasteiger partial charge in [0, 0.05) is 18.8 Å². The van der Waals surface area contributed by atoms with Crippen LogP contribution in [0.1, 0.15) is 35.7 Å². The molecule has 0 unspecified atom stereocenters. The molecule has 30 heavy (non-hydrogen) atoms. The molecule has 5 rings (SSSR count). The molecule has 3 aliphatic heterocycles. The zero-order chi connectivity index (χ0) is 20.8.